The highest BCUT2D eigenvalue weighted by Crippen LogP contribution is 2.37. The number of hydrogen-bond acceptors (Lipinski definition) is 5. The van der Waals surface area contributed by atoms with E-state index in [0.29, 0.717) is 5.69 Å². The van der Waals surface area contributed by atoms with Crippen molar-refractivity contribution in [2.75, 3.05) is 19.9 Å². The van der Waals surface area contributed by atoms with E-state index in [4.69, 9.17) is 4.74 Å². The highest BCUT2D eigenvalue weighted by atomic mass is 32.2. The second-order valence-electron chi connectivity index (χ2n) is 5.10. The topological polar surface area (TPSA) is 42.4 Å². The van der Waals surface area contributed by atoms with Gasteiger partial charge in [0.05, 0.1) is 13.2 Å². The lowest BCUT2D eigenvalue weighted by Gasteiger charge is -2.25. The fraction of sp³-hybridized carbons (Fsp3) is 0.375. The van der Waals surface area contributed by atoms with Gasteiger partial charge in [0, 0.05) is 17.5 Å². The Kier molecular flexibility index (Phi) is 4.69. The number of benzene rings is 1. The average molecular weight is 334 g/mol. The second-order valence-corrected chi connectivity index (χ2v) is 7.01. The Morgan fingerprint density at radius 2 is 2.27 bits per heavy atom. The maximum atomic E-state index is 12.8. The van der Waals surface area contributed by atoms with E-state index < -0.39 is 0 Å². The van der Waals surface area contributed by atoms with E-state index in [1.807, 2.05) is 40.8 Å². The summed E-state index contributed by atoms with van der Waals surface area (Å²) in [5.74, 6) is 0.861. The van der Waals surface area contributed by atoms with Crippen LogP contribution in [0.1, 0.15) is 34.9 Å². The van der Waals surface area contributed by atoms with Gasteiger partial charge in [0.25, 0.3) is 5.91 Å². The summed E-state index contributed by atoms with van der Waals surface area (Å²) in [7, 11) is 1.67. The number of aromatic nitrogens is 1. The first-order valence-corrected chi connectivity index (χ1v) is 9.28. The Labute approximate surface area is 138 Å². The number of thioether (sulfide) groups is 1. The number of amides is 1. The van der Waals surface area contributed by atoms with Crippen molar-refractivity contribution in [2.24, 2.45) is 0 Å². The van der Waals surface area contributed by atoms with Gasteiger partial charge in [-0.1, -0.05) is 30.0 Å². The molecule has 1 atom stereocenters. The summed E-state index contributed by atoms with van der Waals surface area (Å²) in [4.78, 5) is 19.1. The zero-order chi connectivity index (χ0) is 15.5. The van der Waals surface area contributed by atoms with Crippen molar-refractivity contribution in [3.8, 4) is 5.75 Å². The van der Waals surface area contributed by atoms with E-state index in [-0.39, 0.29) is 11.9 Å². The molecule has 0 aliphatic carbocycles. The number of likely N-dealkylation sites (tertiary alicyclic amines) is 1. The van der Waals surface area contributed by atoms with Crippen LogP contribution in [0.2, 0.25) is 0 Å². The molecule has 1 aromatic heterocycles. The van der Waals surface area contributed by atoms with Crippen molar-refractivity contribution < 1.29 is 9.53 Å². The molecule has 0 unspecified atom stereocenters. The first kappa shape index (κ1) is 15.4. The third-order valence-electron chi connectivity index (χ3n) is 3.89. The summed E-state index contributed by atoms with van der Waals surface area (Å²) < 4.78 is 6.39. The Morgan fingerprint density at radius 1 is 1.45 bits per heavy atom. The van der Waals surface area contributed by atoms with Crippen LogP contribution in [0.25, 0.3) is 0 Å². The van der Waals surface area contributed by atoms with Crippen LogP contribution in [0.15, 0.2) is 34.0 Å². The summed E-state index contributed by atoms with van der Waals surface area (Å²) in [5.41, 5.74) is 1.63. The van der Waals surface area contributed by atoms with Crippen molar-refractivity contribution >= 4 is 29.0 Å². The fourth-order valence-electron chi connectivity index (χ4n) is 2.87. The number of nitrogens with zero attached hydrogens (tertiary/aromatic N) is 2. The largest absolute Gasteiger partial charge is 0.496 e. The number of rotatable bonds is 4. The molecule has 116 valence electrons. The summed E-state index contributed by atoms with van der Waals surface area (Å²) in [6.07, 6.45) is 3.94. The number of hydrogen-bond donors (Lipinski definition) is 0. The van der Waals surface area contributed by atoms with Gasteiger partial charge < -0.3 is 9.64 Å². The van der Waals surface area contributed by atoms with E-state index in [0.717, 1.165) is 35.0 Å². The average Bonchev–Trinajstić information content (AvgIpc) is 3.23. The summed E-state index contributed by atoms with van der Waals surface area (Å²) >= 11 is 3.09. The molecule has 22 heavy (non-hydrogen) atoms. The number of ether oxygens (including phenoxy) is 1. The van der Waals surface area contributed by atoms with Crippen molar-refractivity contribution in [3.63, 3.8) is 0 Å². The zero-order valence-corrected chi connectivity index (χ0v) is 14.2. The summed E-state index contributed by atoms with van der Waals surface area (Å²) in [6.45, 7) is 0.772. The molecule has 6 heteroatoms. The quantitative estimate of drug-likeness (QED) is 0.797. The summed E-state index contributed by atoms with van der Waals surface area (Å²) in [5, 5.41) is 1.85. The molecule has 0 saturated carbocycles. The molecule has 1 saturated heterocycles. The molecule has 1 aliphatic heterocycles. The maximum Gasteiger partial charge on any atom is 0.273 e. The Hall–Kier alpha value is -1.53. The molecular formula is C16H18N2O2S2. The van der Waals surface area contributed by atoms with Crippen LogP contribution in [0.3, 0.4) is 0 Å². The molecule has 0 radical (unpaired) electrons. The van der Waals surface area contributed by atoms with Crippen molar-refractivity contribution in [1.29, 1.82) is 0 Å². The van der Waals surface area contributed by atoms with Gasteiger partial charge in [-0.15, -0.1) is 11.3 Å². The fourth-order valence-corrected chi connectivity index (χ4v) is 4.11. The van der Waals surface area contributed by atoms with E-state index in [9.17, 15) is 4.79 Å². The van der Waals surface area contributed by atoms with Crippen molar-refractivity contribution in [2.45, 2.75) is 23.2 Å². The number of methoxy groups -OCH3 is 1. The highest BCUT2D eigenvalue weighted by Gasteiger charge is 2.33. The van der Waals surface area contributed by atoms with Crippen molar-refractivity contribution in [1.82, 2.24) is 9.88 Å². The van der Waals surface area contributed by atoms with E-state index in [1.54, 1.807) is 18.9 Å². The van der Waals surface area contributed by atoms with Gasteiger partial charge in [0.1, 0.15) is 15.8 Å². The van der Waals surface area contributed by atoms with Gasteiger partial charge in [-0.2, -0.15) is 0 Å². The minimum Gasteiger partial charge on any atom is -0.496 e. The highest BCUT2D eigenvalue weighted by molar-refractivity contribution is 8.00. The number of para-hydroxylation sites is 1. The molecule has 1 aromatic carbocycles. The van der Waals surface area contributed by atoms with E-state index >= 15 is 0 Å². The van der Waals surface area contributed by atoms with Gasteiger partial charge >= 0.3 is 0 Å². The van der Waals surface area contributed by atoms with Crippen LogP contribution in [0.4, 0.5) is 0 Å². The Bertz CT molecular complexity index is 672. The maximum absolute atomic E-state index is 12.8. The number of carbonyl (C=O) groups is 1. The number of carbonyl (C=O) groups excluding carboxylic acids is 1. The van der Waals surface area contributed by atoms with E-state index in [2.05, 4.69) is 4.98 Å². The lowest BCUT2D eigenvalue weighted by atomic mass is 10.0. The molecule has 0 N–H and O–H groups in total. The number of thiazole rings is 1. The third-order valence-corrected chi connectivity index (χ3v) is 5.75. The van der Waals surface area contributed by atoms with Crippen LogP contribution >= 0.6 is 23.1 Å². The molecule has 1 aliphatic rings. The second kappa shape index (κ2) is 6.71. The SMILES string of the molecule is COc1ccccc1[C@H]1CCCN1C(=O)c1csc(SC)n1. The minimum absolute atomic E-state index is 0.0185. The molecule has 1 fully saturated rings. The molecule has 4 nitrogen and oxygen atoms in total. The van der Waals surface area contributed by atoms with Crippen molar-refractivity contribution in [3.05, 3.63) is 40.9 Å². The summed E-state index contributed by atoms with van der Waals surface area (Å²) in [6, 6.07) is 8.01. The lowest BCUT2D eigenvalue weighted by molar-refractivity contribution is 0.0728. The van der Waals surface area contributed by atoms with Crippen LogP contribution < -0.4 is 4.74 Å². The molecule has 3 rings (SSSR count). The normalized spacial score (nSPS) is 17.7. The first-order valence-electron chi connectivity index (χ1n) is 7.18. The zero-order valence-electron chi connectivity index (χ0n) is 12.6. The van der Waals surface area contributed by atoms with Gasteiger partial charge in [-0.25, -0.2) is 4.98 Å². The lowest BCUT2D eigenvalue weighted by Crippen LogP contribution is -2.31. The third kappa shape index (κ3) is 2.85. The predicted octanol–water partition coefficient (Wildman–Crippen LogP) is 3.85. The van der Waals surface area contributed by atoms with Gasteiger partial charge in [0.15, 0.2) is 0 Å². The molecule has 2 aromatic rings. The molecule has 0 spiro atoms. The van der Waals surface area contributed by atoms with Crippen LogP contribution in [0.5, 0.6) is 5.75 Å². The standard InChI is InChI=1S/C16H18N2O2S2/c1-20-14-8-4-3-6-11(14)13-7-5-9-18(13)15(19)12-10-22-16(17-12)21-2/h3-4,6,8,10,13H,5,7,9H2,1-2H3/t13-/m1/s1. The smallest absolute Gasteiger partial charge is 0.273 e. The Morgan fingerprint density at radius 3 is 3.00 bits per heavy atom. The van der Waals surface area contributed by atoms with E-state index in [1.165, 1.54) is 11.3 Å². The van der Waals surface area contributed by atoms with Crippen LogP contribution in [-0.2, 0) is 0 Å². The van der Waals surface area contributed by atoms with Gasteiger partial charge in [-0.3, -0.25) is 4.79 Å². The first-order chi connectivity index (χ1) is 10.7. The van der Waals surface area contributed by atoms with Crippen LogP contribution in [-0.4, -0.2) is 35.7 Å². The Balaban J connectivity index is 1.88. The monoisotopic (exact) mass is 334 g/mol. The molecule has 1 amide bonds. The van der Waals surface area contributed by atoms with Gasteiger partial charge in [0.2, 0.25) is 0 Å². The molecule has 2 heterocycles. The minimum atomic E-state index is 0.0185. The van der Waals surface area contributed by atoms with Crippen LogP contribution in [0, 0.1) is 0 Å². The van der Waals surface area contributed by atoms with Gasteiger partial charge in [-0.05, 0) is 25.2 Å². The predicted molar refractivity (Wildman–Crippen MR) is 89.9 cm³/mol. The molecule has 0 bridgehead atoms. The molecular weight excluding hydrogens is 316 g/mol.